The summed E-state index contributed by atoms with van der Waals surface area (Å²) in [5.41, 5.74) is 2.49. The summed E-state index contributed by atoms with van der Waals surface area (Å²) in [5.74, 6) is -0.558. The van der Waals surface area contributed by atoms with Gasteiger partial charge in [-0.25, -0.2) is 9.31 Å². The number of esters is 1. The SMILES string of the molecule is COC(=O)c1cnn2c1nnc1c(=O)n(-c3ccccc3C)ccc12. The second-order valence-corrected chi connectivity index (χ2v) is 5.50. The maximum absolute atomic E-state index is 12.8. The van der Waals surface area contributed by atoms with E-state index in [0.29, 0.717) is 5.52 Å². The number of hydrogen-bond acceptors (Lipinski definition) is 6. The molecule has 3 aromatic heterocycles. The Morgan fingerprint density at radius 2 is 1.96 bits per heavy atom. The van der Waals surface area contributed by atoms with Gasteiger partial charge in [-0.1, -0.05) is 18.2 Å². The summed E-state index contributed by atoms with van der Waals surface area (Å²) in [6.07, 6.45) is 3.01. The molecule has 0 aliphatic carbocycles. The highest BCUT2D eigenvalue weighted by Gasteiger charge is 2.18. The highest BCUT2D eigenvalue weighted by atomic mass is 16.5. The Morgan fingerprint density at radius 3 is 2.72 bits per heavy atom. The number of methoxy groups -OCH3 is 1. The first-order chi connectivity index (χ1) is 12.1. The van der Waals surface area contributed by atoms with Crippen molar-refractivity contribution in [1.29, 1.82) is 0 Å². The highest BCUT2D eigenvalue weighted by Crippen LogP contribution is 2.16. The number of benzene rings is 1. The summed E-state index contributed by atoms with van der Waals surface area (Å²) < 4.78 is 7.63. The van der Waals surface area contributed by atoms with E-state index in [2.05, 4.69) is 15.3 Å². The smallest absolute Gasteiger partial charge is 0.343 e. The van der Waals surface area contributed by atoms with Crippen LogP contribution in [-0.4, -0.2) is 37.5 Å². The number of aryl methyl sites for hydroxylation is 1. The number of carbonyl (C=O) groups is 1. The molecule has 0 aliphatic rings. The van der Waals surface area contributed by atoms with Crippen LogP contribution in [0.4, 0.5) is 0 Å². The third kappa shape index (κ3) is 2.18. The normalized spacial score (nSPS) is 11.1. The Balaban J connectivity index is 2.01. The lowest BCUT2D eigenvalue weighted by molar-refractivity contribution is 0.0602. The molecule has 0 radical (unpaired) electrons. The van der Waals surface area contributed by atoms with Crippen molar-refractivity contribution in [3.05, 3.63) is 64.2 Å². The molecule has 0 spiro atoms. The molecule has 4 rings (SSSR count). The number of para-hydroxylation sites is 1. The first-order valence-corrected chi connectivity index (χ1v) is 7.52. The average molecular weight is 335 g/mol. The van der Waals surface area contributed by atoms with Crippen molar-refractivity contribution in [2.45, 2.75) is 6.92 Å². The van der Waals surface area contributed by atoms with Gasteiger partial charge in [0, 0.05) is 6.20 Å². The van der Waals surface area contributed by atoms with Crippen LogP contribution in [0.2, 0.25) is 0 Å². The summed E-state index contributed by atoms with van der Waals surface area (Å²) in [7, 11) is 1.28. The molecule has 25 heavy (non-hydrogen) atoms. The summed E-state index contributed by atoms with van der Waals surface area (Å²) in [4.78, 5) is 24.6. The molecule has 8 nitrogen and oxygen atoms in total. The molecule has 0 amide bonds. The first-order valence-electron chi connectivity index (χ1n) is 7.52. The van der Waals surface area contributed by atoms with Crippen LogP contribution in [0.25, 0.3) is 22.4 Å². The maximum Gasteiger partial charge on any atom is 0.343 e. The largest absolute Gasteiger partial charge is 0.465 e. The van der Waals surface area contributed by atoms with Gasteiger partial charge in [-0.3, -0.25) is 9.36 Å². The Morgan fingerprint density at radius 1 is 1.16 bits per heavy atom. The fraction of sp³-hybridized carbons (Fsp3) is 0.118. The van der Waals surface area contributed by atoms with Crippen molar-refractivity contribution in [3.8, 4) is 5.69 Å². The maximum atomic E-state index is 12.8. The predicted molar refractivity (Wildman–Crippen MR) is 90.0 cm³/mol. The van der Waals surface area contributed by atoms with Gasteiger partial charge in [-0.05, 0) is 24.6 Å². The van der Waals surface area contributed by atoms with E-state index in [1.165, 1.54) is 22.4 Å². The molecule has 4 aromatic rings. The van der Waals surface area contributed by atoms with E-state index in [0.717, 1.165) is 11.3 Å². The van der Waals surface area contributed by atoms with Crippen LogP contribution < -0.4 is 5.56 Å². The fourth-order valence-corrected chi connectivity index (χ4v) is 2.77. The number of carbonyl (C=O) groups excluding carboxylic acids is 1. The highest BCUT2D eigenvalue weighted by molar-refractivity contribution is 5.96. The predicted octanol–water partition coefficient (Wildman–Crippen LogP) is 1.52. The van der Waals surface area contributed by atoms with E-state index < -0.39 is 5.97 Å². The second-order valence-electron chi connectivity index (χ2n) is 5.50. The van der Waals surface area contributed by atoms with Gasteiger partial charge in [0.25, 0.3) is 5.56 Å². The summed E-state index contributed by atoms with van der Waals surface area (Å²) in [6, 6.07) is 9.28. The number of pyridine rings is 1. The lowest BCUT2D eigenvalue weighted by Crippen LogP contribution is -2.21. The van der Waals surface area contributed by atoms with Crippen LogP contribution in [0.1, 0.15) is 15.9 Å². The van der Waals surface area contributed by atoms with Crippen molar-refractivity contribution in [2.24, 2.45) is 0 Å². The van der Waals surface area contributed by atoms with Crippen molar-refractivity contribution in [2.75, 3.05) is 7.11 Å². The summed E-state index contributed by atoms with van der Waals surface area (Å²) >= 11 is 0. The van der Waals surface area contributed by atoms with E-state index in [4.69, 9.17) is 4.74 Å². The molecule has 1 aromatic carbocycles. The molecule has 0 fully saturated rings. The van der Waals surface area contributed by atoms with Gasteiger partial charge in [0.2, 0.25) is 0 Å². The minimum Gasteiger partial charge on any atom is -0.465 e. The van der Waals surface area contributed by atoms with E-state index in [9.17, 15) is 9.59 Å². The monoisotopic (exact) mass is 335 g/mol. The lowest BCUT2D eigenvalue weighted by Gasteiger charge is -2.09. The van der Waals surface area contributed by atoms with Crippen molar-refractivity contribution in [3.63, 3.8) is 0 Å². The van der Waals surface area contributed by atoms with Crippen molar-refractivity contribution >= 4 is 22.6 Å². The van der Waals surface area contributed by atoms with Crippen LogP contribution in [0.5, 0.6) is 0 Å². The molecular formula is C17H13N5O3. The van der Waals surface area contributed by atoms with Crippen LogP contribution in [0, 0.1) is 6.92 Å². The van der Waals surface area contributed by atoms with Crippen LogP contribution in [0.15, 0.2) is 47.5 Å². The van der Waals surface area contributed by atoms with Crippen LogP contribution in [0.3, 0.4) is 0 Å². The van der Waals surface area contributed by atoms with E-state index in [1.807, 2.05) is 31.2 Å². The minimum absolute atomic E-state index is 0.165. The van der Waals surface area contributed by atoms with E-state index >= 15 is 0 Å². The average Bonchev–Trinajstić information content (AvgIpc) is 3.07. The zero-order valence-corrected chi connectivity index (χ0v) is 13.5. The Kier molecular flexibility index (Phi) is 3.31. The van der Waals surface area contributed by atoms with Gasteiger partial charge < -0.3 is 4.74 Å². The summed E-state index contributed by atoms with van der Waals surface area (Å²) in [5, 5.41) is 12.2. The minimum atomic E-state index is -0.558. The number of aromatic nitrogens is 5. The molecule has 0 bridgehead atoms. The van der Waals surface area contributed by atoms with Gasteiger partial charge in [-0.15, -0.1) is 10.2 Å². The molecular weight excluding hydrogens is 322 g/mol. The Hall–Kier alpha value is -3.55. The summed E-state index contributed by atoms with van der Waals surface area (Å²) in [6.45, 7) is 1.93. The van der Waals surface area contributed by atoms with Gasteiger partial charge in [0.1, 0.15) is 11.1 Å². The third-order valence-electron chi connectivity index (χ3n) is 4.04. The van der Waals surface area contributed by atoms with Gasteiger partial charge in [0.15, 0.2) is 11.2 Å². The quantitative estimate of drug-likeness (QED) is 0.516. The number of nitrogens with zero attached hydrogens (tertiary/aromatic N) is 5. The second kappa shape index (κ2) is 5.52. The topological polar surface area (TPSA) is 91.4 Å². The molecule has 0 unspecified atom stereocenters. The van der Waals surface area contributed by atoms with Crippen molar-refractivity contribution < 1.29 is 9.53 Å². The third-order valence-corrected chi connectivity index (χ3v) is 4.04. The molecule has 0 aliphatic heterocycles. The van der Waals surface area contributed by atoms with E-state index in [-0.39, 0.29) is 22.3 Å². The molecule has 0 saturated heterocycles. The fourth-order valence-electron chi connectivity index (χ4n) is 2.77. The zero-order chi connectivity index (χ0) is 17.6. The number of ether oxygens (including phenoxy) is 1. The van der Waals surface area contributed by atoms with Crippen LogP contribution in [-0.2, 0) is 4.74 Å². The molecule has 3 heterocycles. The lowest BCUT2D eigenvalue weighted by atomic mass is 10.2. The van der Waals surface area contributed by atoms with E-state index in [1.54, 1.807) is 12.3 Å². The van der Waals surface area contributed by atoms with Crippen molar-refractivity contribution in [1.82, 2.24) is 24.4 Å². The Bertz CT molecular complexity index is 1190. The number of hydrogen-bond donors (Lipinski definition) is 0. The Labute approximate surface area is 141 Å². The number of rotatable bonds is 2. The van der Waals surface area contributed by atoms with Gasteiger partial charge in [-0.2, -0.15) is 5.10 Å². The zero-order valence-electron chi connectivity index (χ0n) is 13.5. The molecule has 124 valence electrons. The molecule has 0 saturated carbocycles. The van der Waals surface area contributed by atoms with Gasteiger partial charge >= 0.3 is 5.97 Å². The molecule has 0 N–H and O–H groups in total. The molecule has 8 heteroatoms. The standard InChI is InChI=1S/C17H13N5O3/c1-10-5-3-4-6-12(10)21-8-7-13-14(16(21)23)19-20-15-11(17(24)25-2)9-18-22(13)15/h3-9H,1-2H3. The first kappa shape index (κ1) is 15.0. The van der Waals surface area contributed by atoms with Crippen LogP contribution >= 0.6 is 0 Å². The number of fused-ring (bicyclic) bond motifs is 3. The molecule has 0 atom stereocenters. The van der Waals surface area contributed by atoms with Gasteiger partial charge in [0.05, 0.1) is 19.0 Å².